The molecule has 1 aliphatic heterocycles. The first-order valence-electron chi connectivity index (χ1n) is 9.85. The van der Waals surface area contributed by atoms with Crippen LogP contribution in [-0.4, -0.2) is 39.6 Å². The Bertz CT molecular complexity index is 1050. The van der Waals surface area contributed by atoms with Crippen molar-refractivity contribution in [2.75, 3.05) is 17.2 Å². The van der Waals surface area contributed by atoms with Gasteiger partial charge in [-0.15, -0.1) is 10.2 Å². The van der Waals surface area contributed by atoms with Crippen molar-refractivity contribution in [2.24, 2.45) is 0 Å². The van der Waals surface area contributed by atoms with Crippen LogP contribution in [0.15, 0.2) is 48.5 Å². The molecule has 1 saturated heterocycles. The molecule has 0 aliphatic carbocycles. The van der Waals surface area contributed by atoms with E-state index in [0.29, 0.717) is 23.8 Å². The second-order valence-electron chi connectivity index (χ2n) is 7.42. The molecular weight excluding hydrogens is 398 g/mol. The number of rotatable bonds is 4. The third-order valence-corrected chi connectivity index (χ3v) is 5.96. The summed E-state index contributed by atoms with van der Waals surface area (Å²) in [7, 11) is 0. The molecule has 2 aromatic carbocycles. The number of benzene rings is 2. The van der Waals surface area contributed by atoms with Crippen LogP contribution in [0.1, 0.15) is 24.0 Å². The van der Waals surface area contributed by atoms with Gasteiger partial charge in [0.2, 0.25) is 11.0 Å². The highest BCUT2D eigenvalue weighted by Gasteiger charge is 2.34. The SMILES string of the molecule is Cc1ccc(NC(=O)N2CCCC2C(=O)Nc2nnc(-c3ccc(C)cc3)s2)cc1. The van der Waals surface area contributed by atoms with Gasteiger partial charge in [0, 0.05) is 17.8 Å². The zero-order valence-corrected chi connectivity index (χ0v) is 17.7. The second kappa shape index (κ2) is 8.62. The van der Waals surface area contributed by atoms with Gasteiger partial charge in [0.1, 0.15) is 11.0 Å². The summed E-state index contributed by atoms with van der Waals surface area (Å²) in [6.07, 6.45) is 1.40. The fraction of sp³-hybridized carbons (Fsp3) is 0.273. The van der Waals surface area contributed by atoms with Gasteiger partial charge < -0.3 is 10.2 Å². The van der Waals surface area contributed by atoms with Gasteiger partial charge in [-0.05, 0) is 38.8 Å². The van der Waals surface area contributed by atoms with Crippen molar-refractivity contribution in [1.29, 1.82) is 0 Å². The zero-order chi connectivity index (χ0) is 21.1. The van der Waals surface area contributed by atoms with Crippen LogP contribution in [0.3, 0.4) is 0 Å². The van der Waals surface area contributed by atoms with E-state index in [-0.39, 0.29) is 11.9 Å². The van der Waals surface area contributed by atoms with Crippen molar-refractivity contribution < 1.29 is 9.59 Å². The number of hydrogen-bond donors (Lipinski definition) is 2. The summed E-state index contributed by atoms with van der Waals surface area (Å²) in [5, 5.41) is 15.1. The summed E-state index contributed by atoms with van der Waals surface area (Å²) in [6.45, 7) is 4.56. The van der Waals surface area contributed by atoms with E-state index in [4.69, 9.17) is 0 Å². The molecule has 1 unspecified atom stereocenters. The van der Waals surface area contributed by atoms with Crippen LogP contribution in [0, 0.1) is 13.8 Å². The number of amides is 3. The Hall–Kier alpha value is -3.26. The lowest BCUT2D eigenvalue weighted by Crippen LogP contribution is -2.45. The predicted molar refractivity (Wildman–Crippen MR) is 119 cm³/mol. The first-order valence-corrected chi connectivity index (χ1v) is 10.7. The molecule has 3 aromatic rings. The van der Waals surface area contributed by atoms with E-state index < -0.39 is 6.04 Å². The smallest absolute Gasteiger partial charge is 0.312 e. The average Bonchev–Trinajstić information content (AvgIpc) is 3.40. The van der Waals surface area contributed by atoms with Gasteiger partial charge in [0.05, 0.1) is 0 Å². The Morgan fingerprint density at radius 3 is 2.33 bits per heavy atom. The molecule has 0 bridgehead atoms. The standard InChI is InChI=1S/C22H23N5O2S/c1-14-5-9-16(10-6-14)20-25-26-21(30-20)24-19(28)18-4-3-13-27(18)22(29)23-17-11-7-15(2)8-12-17/h5-12,18H,3-4,13H2,1-2H3,(H,23,29)(H,24,26,28). The number of anilines is 2. The highest BCUT2D eigenvalue weighted by atomic mass is 32.1. The second-order valence-corrected chi connectivity index (χ2v) is 8.39. The first-order chi connectivity index (χ1) is 14.5. The number of carbonyl (C=O) groups excluding carboxylic acids is 2. The maximum atomic E-state index is 12.8. The Kier molecular flexibility index (Phi) is 5.76. The molecule has 1 aliphatic rings. The van der Waals surface area contributed by atoms with Gasteiger partial charge in [-0.2, -0.15) is 0 Å². The number of aromatic nitrogens is 2. The van der Waals surface area contributed by atoms with E-state index in [1.165, 1.54) is 16.9 Å². The maximum Gasteiger partial charge on any atom is 0.322 e. The number of urea groups is 1. The van der Waals surface area contributed by atoms with E-state index in [9.17, 15) is 9.59 Å². The average molecular weight is 422 g/mol. The van der Waals surface area contributed by atoms with Crippen LogP contribution in [-0.2, 0) is 4.79 Å². The monoisotopic (exact) mass is 421 g/mol. The van der Waals surface area contributed by atoms with Gasteiger partial charge in [-0.1, -0.05) is 58.9 Å². The van der Waals surface area contributed by atoms with Crippen LogP contribution >= 0.6 is 11.3 Å². The minimum Gasteiger partial charge on any atom is -0.312 e. The number of likely N-dealkylation sites (tertiary alicyclic amines) is 1. The van der Waals surface area contributed by atoms with Crippen molar-refractivity contribution >= 4 is 34.1 Å². The molecule has 2 heterocycles. The van der Waals surface area contributed by atoms with Gasteiger partial charge in [-0.3, -0.25) is 10.1 Å². The molecule has 8 heteroatoms. The summed E-state index contributed by atoms with van der Waals surface area (Å²) in [5.74, 6) is -0.238. The Morgan fingerprint density at radius 1 is 0.967 bits per heavy atom. The Morgan fingerprint density at radius 2 is 1.63 bits per heavy atom. The highest BCUT2D eigenvalue weighted by Crippen LogP contribution is 2.27. The molecule has 0 spiro atoms. The molecule has 1 fully saturated rings. The minimum absolute atomic E-state index is 0.238. The molecule has 0 saturated carbocycles. The van der Waals surface area contributed by atoms with Crippen LogP contribution in [0.4, 0.5) is 15.6 Å². The van der Waals surface area contributed by atoms with E-state index in [2.05, 4.69) is 20.8 Å². The molecule has 3 amide bonds. The van der Waals surface area contributed by atoms with E-state index in [0.717, 1.165) is 22.6 Å². The Balaban J connectivity index is 1.40. The molecule has 1 atom stereocenters. The summed E-state index contributed by atoms with van der Waals surface area (Å²) in [4.78, 5) is 27.1. The molecule has 30 heavy (non-hydrogen) atoms. The normalized spacial score (nSPS) is 15.8. The number of nitrogens with zero attached hydrogens (tertiary/aromatic N) is 3. The zero-order valence-electron chi connectivity index (χ0n) is 16.9. The van der Waals surface area contributed by atoms with Crippen molar-refractivity contribution in [2.45, 2.75) is 32.7 Å². The van der Waals surface area contributed by atoms with Crippen molar-refractivity contribution in [3.05, 3.63) is 59.7 Å². The predicted octanol–water partition coefficient (Wildman–Crippen LogP) is 4.46. The summed E-state index contributed by atoms with van der Waals surface area (Å²) in [6, 6.07) is 14.8. The topological polar surface area (TPSA) is 87.2 Å². The third-order valence-electron chi connectivity index (χ3n) is 5.07. The van der Waals surface area contributed by atoms with Crippen LogP contribution in [0.5, 0.6) is 0 Å². The summed E-state index contributed by atoms with van der Waals surface area (Å²) < 4.78 is 0. The van der Waals surface area contributed by atoms with Gasteiger partial charge in [0.15, 0.2) is 0 Å². The lowest BCUT2D eigenvalue weighted by molar-refractivity contribution is -0.119. The van der Waals surface area contributed by atoms with E-state index >= 15 is 0 Å². The fourth-order valence-corrected chi connectivity index (χ4v) is 4.14. The highest BCUT2D eigenvalue weighted by molar-refractivity contribution is 7.18. The molecule has 7 nitrogen and oxygen atoms in total. The number of hydrogen-bond acceptors (Lipinski definition) is 5. The molecule has 0 radical (unpaired) electrons. The summed E-state index contributed by atoms with van der Waals surface area (Å²) in [5.41, 5.74) is 3.96. The Labute approximate surface area is 179 Å². The number of nitrogens with one attached hydrogen (secondary N) is 2. The fourth-order valence-electron chi connectivity index (χ4n) is 3.39. The van der Waals surface area contributed by atoms with Crippen LogP contribution in [0.25, 0.3) is 10.6 Å². The van der Waals surface area contributed by atoms with Crippen molar-refractivity contribution in [3.8, 4) is 10.6 Å². The molecule has 4 rings (SSSR count). The third kappa shape index (κ3) is 4.49. The first kappa shape index (κ1) is 20.0. The molecule has 2 N–H and O–H groups in total. The van der Waals surface area contributed by atoms with E-state index in [1.54, 1.807) is 4.90 Å². The number of aryl methyl sites for hydroxylation is 2. The minimum atomic E-state index is -0.526. The van der Waals surface area contributed by atoms with Crippen LogP contribution < -0.4 is 10.6 Å². The van der Waals surface area contributed by atoms with Crippen molar-refractivity contribution in [3.63, 3.8) is 0 Å². The van der Waals surface area contributed by atoms with Gasteiger partial charge >= 0.3 is 6.03 Å². The number of carbonyl (C=O) groups is 2. The maximum absolute atomic E-state index is 12.8. The molecular formula is C22H23N5O2S. The lowest BCUT2D eigenvalue weighted by Gasteiger charge is -2.23. The molecule has 154 valence electrons. The van der Waals surface area contributed by atoms with Gasteiger partial charge in [-0.25, -0.2) is 4.79 Å². The largest absolute Gasteiger partial charge is 0.322 e. The quantitative estimate of drug-likeness (QED) is 0.651. The van der Waals surface area contributed by atoms with E-state index in [1.807, 2.05) is 62.4 Å². The van der Waals surface area contributed by atoms with Crippen LogP contribution in [0.2, 0.25) is 0 Å². The van der Waals surface area contributed by atoms with Crippen molar-refractivity contribution in [1.82, 2.24) is 15.1 Å². The molecule has 1 aromatic heterocycles. The lowest BCUT2D eigenvalue weighted by atomic mass is 10.2. The van der Waals surface area contributed by atoms with Gasteiger partial charge in [0.25, 0.3) is 0 Å². The summed E-state index contributed by atoms with van der Waals surface area (Å²) >= 11 is 1.32.